The Morgan fingerprint density at radius 1 is 1.07 bits per heavy atom. The molecule has 2 bridgehead atoms. The van der Waals surface area contributed by atoms with E-state index in [4.69, 9.17) is 0 Å². The number of carbonyl (C=O) groups is 2. The zero-order valence-electron chi connectivity index (χ0n) is 17.1. The van der Waals surface area contributed by atoms with Gasteiger partial charge in [-0.15, -0.1) is 0 Å². The van der Waals surface area contributed by atoms with Crippen LogP contribution in [0.2, 0.25) is 0 Å². The summed E-state index contributed by atoms with van der Waals surface area (Å²) in [4.78, 5) is 26.6. The van der Waals surface area contributed by atoms with Crippen LogP contribution in [0.5, 0.6) is 0 Å². The lowest BCUT2D eigenvalue weighted by Crippen LogP contribution is -2.49. The first-order valence-corrected chi connectivity index (χ1v) is 12.0. The third kappa shape index (κ3) is 3.48. The Hall–Kier alpha value is -1.47. The summed E-state index contributed by atoms with van der Waals surface area (Å²) in [7, 11) is 0. The molecule has 1 saturated heterocycles. The minimum Gasteiger partial charge on any atom is -0.353 e. The molecule has 0 aromatic heterocycles. The molecular formula is C23H29BrFN3O2. The Kier molecular flexibility index (Phi) is 5.38. The number of piperidine rings is 1. The molecule has 5 rings (SSSR count). The van der Waals surface area contributed by atoms with Crippen molar-refractivity contribution in [1.29, 1.82) is 0 Å². The summed E-state index contributed by atoms with van der Waals surface area (Å²) < 4.78 is 14.9. The van der Waals surface area contributed by atoms with Gasteiger partial charge in [0.05, 0.1) is 11.8 Å². The van der Waals surface area contributed by atoms with Crippen molar-refractivity contribution in [2.24, 2.45) is 29.1 Å². The molecule has 30 heavy (non-hydrogen) atoms. The summed E-state index contributed by atoms with van der Waals surface area (Å²) in [6.07, 6.45) is 6.26. The highest BCUT2D eigenvalue weighted by Gasteiger charge is 2.71. The summed E-state index contributed by atoms with van der Waals surface area (Å²) in [5.74, 6) is -0.263. The second-order valence-corrected chi connectivity index (χ2v) is 10.5. The van der Waals surface area contributed by atoms with Gasteiger partial charge in [0.25, 0.3) is 0 Å². The first-order chi connectivity index (χ1) is 14.5. The average Bonchev–Trinajstić information content (AvgIpc) is 3.40. The van der Waals surface area contributed by atoms with Crippen LogP contribution in [-0.2, 0) is 16.1 Å². The molecule has 0 unspecified atom stereocenters. The molecule has 3 N–H and O–H groups in total. The molecule has 0 radical (unpaired) electrons. The number of nitrogens with one attached hydrogen (secondary N) is 3. The number of rotatable bonds is 5. The SMILES string of the molecule is O=C(NCc1ccc(Br)cc1F)[C@@H]1[C@H](C(=O)NC2CCNCC2)[C@H]2CC[C@@H]1C21CC1. The molecule has 1 aromatic carbocycles. The van der Waals surface area contributed by atoms with Crippen LogP contribution >= 0.6 is 15.9 Å². The zero-order valence-corrected chi connectivity index (χ0v) is 18.6. The zero-order chi connectivity index (χ0) is 20.9. The van der Waals surface area contributed by atoms with Crippen molar-refractivity contribution in [3.05, 3.63) is 34.1 Å². The van der Waals surface area contributed by atoms with Gasteiger partial charge >= 0.3 is 0 Å². The van der Waals surface area contributed by atoms with Gasteiger partial charge in [-0.2, -0.15) is 0 Å². The van der Waals surface area contributed by atoms with Crippen LogP contribution in [0, 0.1) is 34.9 Å². The van der Waals surface area contributed by atoms with Gasteiger partial charge in [0, 0.05) is 22.6 Å². The van der Waals surface area contributed by atoms with Crippen LogP contribution in [0.25, 0.3) is 0 Å². The van der Waals surface area contributed by atoms with Crippen molar-refractivity contribution in [3.8, 4) is 0 Å². The van der Waals surface area contributed by atoms with Crippen LogP contribution in [0.15, 0.2) is 22.7 Å². The normalized spacial score (nSPS) is 31.7. The van der Waals surface area contributed by atoms with E-state index in [0.717, 1.165) is 51.6 Å². The predicted molar refractivity (Wildman–Crippen MR) is 115 cm³/mol. The van der Waals surface area contributed by atoms with Gasteiger partial charge in [-0.3, -0.25) is 9.59 Å². The van der Waals surface area contributed by atoms with Crippen molar-refractivity contribution in [2.75, 3.05) is 13.1 Å². The Balaban J connectivity index is 1.31. The number of hydrogen-bond acceptors (Lipinski definition) is 3. The molecule has 1 aromatic rings. The second-order valence-electron chi connectivity index (χ2n) is 9.56. The summed E-state index contributed by atoms with van der Waals surface area (Å²) in [6, 6.07) is 5.07. The minimum atomic E-state index is -0.337. The molecule has 2 amide bonds. The third-order valence-electron chi connectivity index (χ3n) is 8.11. The van der Waals surface area contributed by atoms with E-state index in [1.807, 2.05) is 0 Å². The van der Waals surface area contributed by atoms with Crippen LogP contribution in [-0.4, -0.2) is 30.9 Å². The van der Waals surface area contributed by atoms with Crippen LogP contribution in [0.4, 0.5) is 4.39 Å². The smallest absolute Gasteiger partial charge is 0.224 e. The fourth-order valence-corrected chi connectivity index (χ4v) is 6.92. The molecule has 4 atom stereocenters. The summed E-state index contributed by atoms with van der Waals surface area (Å²) >= 11 is 3.26. The maximum atomic E-state index is 14.2. The topological polar surface area (TPSA) is 70.2 Å². The van der Waals surface area contributed by atoms with Gasteiger partial charge < -0.3 is 16.0 Å². The Morgan fingerprint density at radius 2 is 1.73 bits per heavy atom. The maximum absolute atomic E-state index is 14.2. The van der Waals surface area contributed by atoms with Crippen LogP contribution in [0.1, 0.15) is 44.1 Å². The van der Waals surface area contributed by atoms with E-state index in [1.165, 1.54) is 6.07 Å². The van der Waals surface area contributed by atoms with Crippen molar-refractivity contribution in [3.63, 3.8) is 0 Å². The number of carbonyl (C=O) groups excluding carboxylic acids is 2. The van der Waals surface area contributed by atoms with E-state index in [1.54, 1.807) is 12.1 Å². The third-order valence-corrected chi connectivity index (χ3v) is 8.60. The molecule has 1 aliphatic heterocycles. The van der Waals surface area contributed by atoms with E-state index < -0.39 is 0 Å². The molecule has 7 heteroatoms. The highest BCUT2D eigenvalue weighted by atomic mass is 79.9. The molecule has 5 nitrogen and oxygen atoms in total. The lowest BCUT2D eigenvalue weighted by atomic mass is 9.78. The molecule has 4 aliphatic rings. The lowest BCUT2D eigenvalue weighted by Gasteiger charge is -2.32. The van der Waals surface area contributed by atoms with Gasteiger partial charge in [-0.25, -0.2) is 4.39 Å². The van der Waals surface area contributed by atoms with Crippen molar-refractivity contribution in [1.82, 2.24) is 16.0 Å². The van der Waals surface area contributed by atoms with Crippen molar-refractivity contribution < 1.29 is 14.0 Å². The summed E-state index contributed by atoms with van der Waals surface area (Å²) in [5, 5.41) is 9.54. The van der Waals surface area contributed by atoms with E-state index in [9.17, 15) is 14.0 Å². The largest absolute Gasteiger partial charge is 0.353 e. The Labute approximate surface area is 185 Å². The summed E-state index contributed by atoms with van der Waals surface area (Å²) in [5.41, 5.74) is 0.674. The van der Waals surface area contributed by atoms with Gasteiger partial charge in [0.2, 0.25) is 11.8 Å². The molecular weight excluding hydrogens is 449 g/mol. The molecule has 162 valence electrons. The van der Waals surface area contributed by atoms with Crippen LogP contribution in [0.3, 0.4) is 0 Å². The van der Waals surface area contributed by atoms with Gasteiger partial charge in [-0.1, -0.05) is 22.0 Å². The van der Waals surface area contributed by atoms with Gasteiger partial charge in [0.15, 0.2) is 0 Å². The van der Waals surface area contributed by atoms with E-state index >= 15 is 0 Å². The highest BCUT2D eigenvalue weighted by molar-refractivity contribution is 9.10. The number of hydrogen-bond donors (Lipinski definition) is 3. The fraction of sp³-hybridized carbons (Fsp3) is 0.652. The standard InChI is InChI=1S/C23H29BrFN3O2/c24-14-2-1-13(18(25)11-14)12-27-21(29)19-16-3-4-17(23(16)7-8-23)20(19)22(30)28-15-5-9-26-10-6-15/h1-2,11,15-17,19-20,26H,3-10,12H2,(H,27,29)(H,28,30)/t16-,17+,19-,20+/m0/s1. The fourth-order valence-electron chi connectivity index (χ4n) is 6.59. The average molecular weight is 478 g/mol. The molecule has 3 saturated carbocycles. The molecule has 1 spiro atoms. The molecule has 1 heterocycles. The van der Waals surface area contributed by atoms with E-state index in [0.29, 0.717) is 21.9 Å². The maximum Gasteiger partial charge on any atom is 0.224 e. The van der Waals surface area contributed by atoms with Crippen LogP contribution < -0.4 is 16.0 Å². The first kappa shape index (κ1) is 20.4. The first-order valence-electron chi connectivity index (χ1n) is 11.2. The number of benzene rings is 1. The molecule has 3 aliphatic carbocycles. The molecule has 4 fully saturated rings. The van der Waals surface area contributed by atoms with Gasteiger partial charge in [-0.05, 0) is 81.0 Å². The number of halogens is 2. The predicted octanol–water partition coefficient (Wildman–Crippen LogP) is 3.13. The number of amides is 2. The summed E-state index contributed by atoms with van der Waals surface area (Å²) in [6.45, 7) is 2.00. The lowest BCUT2D eigenvalue weighted by molar-refractivity contribution is -0.137. The second kappa shape index (κ2) is 7.90. The van der Waals surface area contributed by atoms with E-state index in [-0.39, 0.29) is 47.5 Å². The monoisotopic (exact) mass is 477 g/mol. The van der Waals surface area contributed by atoms with Crippen molar-refractivity contribution in [2.45, 2.75) is 51.1 Å². The van der Waals surface area contributed by atoms with Crippen molar-refractivity contribution >= 4 is 27.7 Å². The highest BCUT2D eigenvalue weighted by Crippen LogP contribution is 2.74. The minimum absolute atomic E-state index is 0.0651. The van der Waals surface area contributed by atoms with Gasteiger partial charge in [0.1, 0.15) is 5.82 Å². The van der Waals surface area contributed by atoms with E-state index in [2.05, 4.69) is 31.9 Å². The Bertz CT molecular complexity index is 853. The Morgan fingerprint density at radius 3 is 2.37 bits per heavy atom. The quantitative estimate of drug-likeness (QED) is 0.609.